The zero-order valence-corrected chi connectivity index (χ0v) is 16.3. The molecule has 2 aromatic carbocycles. The second-order valence-corrected chi connectivity index (χ2v) is 6.15. The van der Waals surface area contributed by atoms with Gasteiger partial charge in [0.2, 0.25) is 0 Å². The number of benzene rings is 2. The lowest BCUT2D eigenvalue weighted by Crippen LogP contribution is -2.27. The topological polar surface area (TPSA) is 74.6 Å². The maximum absolute atomic E-state index is 12.6. The lowest BCUT2D eigenvalue weighted by Gasteiger charge is -2.17. The minimum Gasteiger partial charge on any atom is -0.497 e. The number of ether oxygens (including phenoxy) is 3. The molecule has 7 heteroatoms. The fourth-order valence-electron chi connectivity index (χ4n) is 2.85. The molecule has 0 aliphatic heterocycles. The van der Waals surface area contributed by atoms with E-state index in [1.165, 1.54) is 0 Å². The van der Waals surface area contributed by atoms with E-state index in [2.05, 4.69) is 10.4 Å². The van der Waals surface area contributed by atoms with Crippen molar-refractivity contribution in [2.45, 2.75) is 13.0 Å². The van der Waals surface area contributed by atoms with Gasteiger partial charge in [0.1, 0.15) is 17.2 Å². The molecule has 0 radical (unpaired) electrons. The summed E-state index contributed by atoms with van der Waals surface area (Å²) in [6.45, 7) is 1.89. The van der Waals surface area contributed by atoms with Crippen LogP contribution in [-0.2, 0) is 0 Å². The van der Waals surface area contributed by atoms with Crippen LogP contribution in [0, 0.1) is 0 Å². The lowest BCUT2D eigenvalue weighted by atomic mass is 10.1. The second-order valence-electron chi connectivity index (χ2n) is 6.15. The van der Waals surface area contributed by atoms with Crippen LogP contribution in [0.5, 0.6) is 17.2 Å². The SMILES string of the molecule is COc1ccc(-n2ccc(C(=O)NC(C)c3ccc(OC)cc3OC)n2)cc1. The summed E-state index contributed by atoms with van der Waals surface area (Å²) in [5.74, 6) is 1.84. The molecule has 1 unspecified atom stereocenters. The fourth-order valence-corrected chi connectivity index (χ4v) is 2.85. The largest absolute Gasteiger partial charge is 0.497 e. The molecule has 1 amide bonds. The minimum absolute atomic E-state index is 0.264. The van der Waals surface area contributed by atoms with Crippen molar-refractivity contribution >= 4 is 5.91 Å². The van der Waals surface area contributed by atoms with Crippen LogP contribution in [0.15, 0.2) is 54.7 Å². The van der Waals surface area contributed by atoms with Crippen molar-refractivity contribution in [1.29, 1.82) is 0 Å². The highest BCUT2D eigenvalue weighted by Gasteiger charge is 2.17. The Morgan fingerprint density at radius 1 is 0.964 bits per heavy atom. The summed E-state index contributed by atoms with van der Waals surface area (Å²) in [5, 5.41) is 7.32. The van der Waals surface area contributed by atoms with Gasteiger partial charge in [-0.3, -0.25) is 4.79 Å². The van der Waals surface area contributed by atoms with Crippen molar-refractivity contribution in [2.75, 3.05) is 21.3 Å². The molecule has 0 saturated carbocycles. The summed E-state index contributed by atoms with van der Waals surface area (Å²) in [6, 6.07) is 14.3. The number of rotatable bonds is 7. The van der Waals surface area contributed by atoms with Gasteiger partial charge >= 0.3 is 0 Å². The van der Waals surface area contributed by atoms with Gasteiger partial charge in [0.05, 0.1) is 33.1 Å². The standard InChI is InChI=1S/C21H23N3O4/c1-14(18-10-9-17(27-3)13-20(18)28-4)22-21(25)19-11-12-24(23-19)15-5-7-16(26-2)8-6-15/h5-14H,1-4H3,(H,22,25). The average molecular weight is 381 g/mol. The van der Waals surface area contributed by atoms with E-state index in [9.17, 15) is 4.79 Å². The summed E-state index contributed by atoms with van der Waals surface area (Å²) < 4.78 is 17.4. The molecule has 0 bridgehead atoms. The summed E-state index contributed by atoms with van der Waals surface area (Å²) in [5.41, 5.74) is 2.02. The number of nitrogens with one attached hydrogen (secondary N) is 1. The van der Waals surface area contributed by atoms with E-state index in [-0.39, 0.29) is 11.9 Å². The van der Waals surface area contributed by atoms with Gasteiger partial charge in [0.25, 0.3) is 5.91 Å². The molecular formula is C21H23N3O4. The third-order valence-corrected chi connectivity index (χ3v) is 4.41. The van der Waals surface area contributed by atoms with Crippen LogP contribution in [0.1, 0.15) is 29.0 Å². The number of aromatic nitrogens is 2. The molecule has 28 heavy (non-hydrogen) atoms. The summed E-state index contributed by atoms with van der Waals surface area (Å²) in [6.07, 6.45) is 1.75. The minimum atomic E-state index is -0.266. The molecule has 1 aromatic heterocycles. The Balaban J connectivity index is 1.73. The summed E-state index contributed by atoms with van der Waals surface area (Å²) in [7, 11) is 4.80. The predicted molar refractivity (Wildman–Crippen MR) is 106 cm³/mol. The number of hydrogen-bond acceptors (Lipinski definition) is 5. The maximum Gasteiger partial charge on any atom is 0.272 e. The second kappa shape index (κ2) is 8.47. The number of hydrogen-bond donors (Lipinski definition) is 1. The highest BCUT2D eigenvalue weighted by molar-refractivity contribution is 5.92. The Kier molecular flexibility index (Phi) is 5.84. The average Bonchev–Trinajstić information content (AvgIpc) is 3.23. The van der Waals surface area contributed by atoms with E-state index in [0.29, 0.717) is 17.2 Å². The molecule has 0 fully saturated rings. The molecule has 0 spiro atoms. The first-order valence-corrected chi connectivity index (χ1v) is 8.78. The zero-order valence-electron chi connectivity index (χ0n) is 16.3. The first kappa shape index (κ1) is 19.3. The van der Waals surface area contributed by atoms with Crippen molar-refractivity contribution in [3.8, 4) is 22.9 Å². The number of amides is 1. The highest BCUT2D eigenvalue weighted by Crippen LogP contribution is 2.29. The normalized spacial score (nSPS) is 11.6. The fraction of sp³-hybridized carbons (Fsp3) is 0.238. The third-order valence-electron chi connectivity index (χ3n) is 4.41. The molecule has 0 aliphatic carbocycles. The third kappa shape index (κ3) is 4.09. The summed E-state index contributed by atoms with van der Waals surface area (Å²) in [4.78, 5) is 12.6. The van der Waals surface area contributed by atoms with Gasteiger partial charge in [-0.2, -0.15) is 5.10 Å². The number of methoxy groups -OCH3 is 3. The van der Waals surface area contributed by atoms with Gasteiger partial charge in [0.15, 0.2) is 5.69 Å². The van der Waals surface area contributed by atoms with E-state index in [1.54, 1.807) is 44.3 Å². The molecule has 3 aromatic rings. The first-order chi connectivity index (χ1) is 13.5. The Morgan fingerprint density at radius 3 is 2.29 bits per heavy atom. The number of nitrogens with zero attached hydrogens (tertiary/aromatic N) is 2. The molecule has 1 heterocycles. The van der Waals surface area contributed by atoms with Crippen LogP contribution in [0.2, 0.25) is 0 Å². The van der Waals surface area contributed by atoms with E-state index in [1.807, 2.05) is 43.3 Å². The lowest BCUT2D eigenvalue weighted by molar-refractivity contribution is 0.0934. The van der Waals surface area contributed by atoms with Gasteiger partial charge in [-0.25, -0.2) is 4.68 Å². The quantitative estimate of drug-likeness (QED) is 0.679. The van der Waals surface area contributed by atoms with Crippen LogP contribution >= 0.6 is 0 Å². The van der Waals surface area contributed by atoms with Crippen molar-refractivity contribution in [2.24, 2.45) is 0 Å². The molecule has 7 nitrogen and oxygen atoms in total. The van der Waals surface area contributed by atoms with Crippen molar-refractivity contribution in [1.82, 2.24) is 15.1 Å². The van der Waals surface area contributed by atoms with E-state index < -0.39 is 0 Å². The highest BCUT2D eigenvalue weighted by atomic mass is 16.5. The van der Waals surface area contributed by atoms with Crippen LogP contribution in [0.25, 0.3) is 5.69 Å². The Morgan fingerprint density at radius 2 is 1.64 bits per heavy atom. The molecular weight excluding hydrogens is 358 g/mol. The summed E-state index contributed by atoms with van der Waals surface area (Å²) >= 11 is 0. The van der Waals surface area contributed by atoms with Gasteiger partial charge < -0.3 is 19.5 Å². The first-order valence-electron chi connectivity index (χ1n) is 8.78. The smallest absolute Gasteiger partial charge is 0.272 e. The van der Waals surface area contributed by atoms with E-state index in [0.717, 1.165) is 17.0 Å². The van der Waals surface area contributed by atoms with Crippen molar-refractivity contribution in [3.63, 3.8) is 0 Å². The molecule has 1 atom stereocenters. The predicted octanol–water partition coefficient (Wildman–Crippen LogP) is 3.39. The van der Waals surface area contributed by atoms with Gasteiger partial charge in [-0.15, -0.1) is 0 Å². The van der Waals surface area contributed by atoms with Gasteiger partial charge in [-0.05, 0) is 49.4 Å². The zero-order chi connectivity index (χ0) is 20.1. The number of carbonyl (C=O) groups excluding carboxylic acids is 1. The van der Waals surface area contributed by atoms with Crippen molar-refractivity contribution < 1.29 is 19.0 Å². The van der Waals surface area contributed by atoms with Crippen LogP contribution < -0.4 is 19.5 Å². The van der Waals surface area contributed by atoms with Gasteiger partial charge in [-0.1, -0.05) is 0 Å². The maximum atomic E-state index is 12.6. The Labute approximate surface area is 163 Å². The molecule has 0 aliphatic rings. The Bertz CT molecular complexity index is 951. The number of carbonyl (C=O) groups is 1. The monoisotopic (exact) mass is 381 g/mol. The molecule has 1 N–H and O–H groups in total. The molecule has 0 saturated heterocycles. The Hall–Kier alpha value is -3.48. The van der Waals surface area contributed by atoms with Gasteiger partial charge in [0, 0.05) is 17.8 Å². The molecule has 146 valence electrons. The molecule has 3 rings (SSSR count). The van der Waals surface area contributed by atoms with Crippen LogP contribution in [0.3, 0.4) is 0 Å². The van der Waals surface area contributed by atoms with Crippen LogP contribution in [0.4, 0.5) is 0 Å². The van der Waals surface area contributed by atoms with Crippen LogP contribution in [-0.4, -0.2) is 37.0 Å². The van der Waals surface area contributed by atoms with Crippen molar-refractivity contribution in [3.05, 3.63) is 66.0 Å². The van der Waals surface area contributed by atoms with E-state index in [4.69, 9.17) is 14.2 Å². The van der Waals surface area contributed by atoms with E-state index >= 15 is 0 Å².